The molecular formula is C90H67N5. The maximum atomic E-state index is 2.34. The quantitative estimate of drug-likeness (QED) is 0.0800. The molecule has 0 spiro atoms. The number of para-hydroxylation sites is 3. The summed E-state index contributed by atoms with van der Waals surface area (Å²) in [7, 11) is 0. The van der Waals surface area contributed by atoms with Crippen LogP contribution in [0.5, 0.6) is 0 Å². The minimum atomic E-state index is 1.03. The average molecular weight is 1220 g/mol. The third-order valence-corrected chi connectivity index (χ3v) is 17.4. The van der Waals surface area contributed by atoms with Crippen molar-refractivity contribution >= 4 is 85.3 Å². The van der Waals surface area contributed by atoms with E-state index in [-0.39, 0.29) is 0 Å². The van der Waals surface area contributed by atoms with Crippen LogP contribution in [0.3, 0.4) is 0 Å². The highest BCUT2D eigenvalue weighted by molar-refractivity contribution is 5.87. The monoisotopic (exact) mass is 1220 g/mol. The summed E-state index contributed by atoms with van der Waals surface area (Å²) < 4.78 is 0. The van der Waals surface area contributed by atoms with Gasteiger partial charge in [0.15, 0.2) is 0 Å². The van der Waals surface area contributed by atoms with Crippen molar-refractivity contribution in [3.8, 4) is 44.5 Å². The Hall–Kier alpha value is -12.7. The molecule has 95 heavy (non-hydrogen) atoms. The first-order valence-corrected chi connectivity index (χ1v) is 32.3. The van der Waals surface area contributed by atoms with Gasteiger partial charge in [0.25, 0.3) is 0 Å². The van der Waals surface area contributed by atoms with Gasteiger partial charge in [-0.1, -0.05) is 224 Å². The fourth-order valence-electron chi connectivity index (χ4n) is 12.7. The van der Waals surface area contributed by atoms with Crippen molar-refractivity contribution < 1.29 is 0 Å². The van der Waals surface area contributed by atoms with Crippen molar-refractivity contribution in [2.45, 2.75) is 0 Å². The van der Waals surface area contributed by atoms with E-state index in [0.29, 0.717) is 0 Å². The summed E-state index contributed by atoms with van der Waals surface area (Å²) in [6.45, 7) is 0. The van der Waals surface area contributed by atoms with Crippen LogP contribution in [0.1, 0.15) is 0 Å². The van der Waals surface area contributed by atoms with Crippen LogP contribution in [0, 0.1) is 0 Å². The van der Waals surface area contributed by atoms with Gasteiger partial charge in [-0.05, 0) is 226 Å². The molecule has 5 nitrogen and oxygen atoms in total. The Bertz CT molecular complexity index is 4430. The number of hydrogen-bond acceptors (Lipinski definition) is 5. The largest absolute Gasteiger partial charge is 0.311 e. The van der Waals surface area contributed by atoms with E-state index in [1.54, 1.807) is 0 Å². The van der Waals surface area contributed by atoms with Crippen LogP contribution in [-0.4, -0.2) is 0 Å². The molecule has 0 fully saturated rings. The molecule has 0 aliphatic heterocycles. The highest BCUT2D eigenvalue weighted by Crippen LogP contribution is 2.45. The van der Waals surface area contributed by atoms with Gasteiger partial charge in [0.1, 0.15) is 0 Å². The third-order valence-electron chi connectivity index (χ3n) is 17.4. The van der Waals surface area contributed by atoms with E-state index in [1.165, 1.54) is 44.5 Å². The number of hydrogen-bond donors (Lipinski definition) is 0. The summed E-state index contributed by atoms with van der Waals surface area (Å²) in [4.78, 5) is 11.7. The van der Waals surface area contributed by atoms with Gasteiger partial charge < -0.3 is 24.5 Å². The molecule has 0 aliphatic carbocycles. The van der Waals surface area contributed by atoms with E-state index < -0.39 is 0 Å². The lowest BCUT2D eigenvalue weighted by Crippen LogP contribution is -2.13. The van der Waals surface area contributed by atoms with E-state index in [2.05, 4.69) is 431 Å². The summed E-state index contributed by atoms with van der Waals surface area (Å²) in [6.07, 6.45) is 0. The molecular weight excluding hydrogens is 1150 g/mol. The maximum absolute atomic E-state index is 2.34. The molecule has 452 valence electrons. The normalized spacial score (nSPS) is 10.9. The number of nitrogens with zero attached hydrogens (tertiary/aromatic N) is 5. The van der Waals surface area contributed by atoms with Crippen LogP contribution in [0.2, 0.25) is 0 Å². The highest BCUT2D eigenvalue weighted by Gasteiger charge is 2.21. The van der Waals surface area contributed by atoms with Crippen molar-refractivity contribution in [3.63, 3.8) is 0 Å². The number of rotatable bonds is 19. The zero-order chi connectivity index (χ0) is 63.5. The minimum absolute atomic E-state index is 1.03. The predicted molar refractivity (Wildman–Crippen MR) is 402 cm³/mol. The van der Waals surface area contributed by atoms with Crippen molar-refractivity contribution in [2.75, 3.05) is 24.5 Å². The topological polar surface area (TPSA) is 16.2 Å². The Morgan fingerprint density at radius 3 is 0.316 bits per heavy atom. The van der Waals surface area contributed by atoms with Gasteiger partial charge in [0.05, 0.1) is 0 Å². The SMILES string of the molecule is c1ccc(-c2ccc(N(c3ccc(-c4ccccc4)cc3)c3ccc(N(c4ccccc4)c4ccc(N(c5ccccc5)c5ccc(N(c6ccccc6)c6ccc(N(c7ccc(-c8ccccc8)cc7)c7ccc(-c8ccccc8)cc7)cc6)cc5)cc4)cc3)cc2)cc1. The molecule has 15 rings (SSSR count). The Balaban J connectivity index is 0.734. The lowest BCUT2D eigenvalue weighted by Gasteiger charge is -2.30. The first kappa shape index (κ1) is 58.7. The molecule has 0 aliphatic rings. The molecule has 0 aromatic heterocycles. The second kappa shape index (κ2) is 27.4. The Labute approximate surface area is 557 Å². The van der Waals surface area contributed by atoms with Crippen molar-refractivity contribution in [1.29, 1.82) is 0 Å². The highest BCUT2D eigenvalue weighted by atomic mass is 15.2. The lowest BCUT2D eigenvalue weighted by molar-refractivity contribution is 1.24. The molecule has 0 amide bonds. The fourth-order valence-corrected chi connectivity index (χ4v) is 12.7. The van der Waals surface area contributed by atoms with Gasteiger partial charge in [0.2, 0.25) is 0 Å². The molecule has 5 heteroatoms. The van der Waals surface area contributed by atoms with E-state index in [4.69, 9.17) is 0 Å². The summed E-state index contributed by atoms with van der Waals surface area (Å²) in [6, 6.07) is 145. The smallest absolute Gasteiger partial charge is 0.0463 e. The molecule has 0 bridgehead atoms. The van der Waals surface area contributed by atoms with Crippen LogP contribution in [0.15, 0.2) is 406 Å². The van der Waals surface area contributed by atoms with Crippen molar-refractivity contribution in [3.05, 3.63) is 406 Å². The maximum Gasteiger partial charge on any atom is 0.0463 e. The van der Waals surface area contributed by atoms with Gasteiger partial charge >= 0.3 is 0 Å². The Kier molecular flexibility index (Phi) is 16.9. The minimum Gasteiger partial charge on any atom is -0.311 e. The van der Waals surface area contributed by atoms with E-state index >= 15 is 0 Å². The molecule has 0 atom stereocenters. The molecule has 0 radical (unpaired) electrons. The van der Waals surface area contributed by atoms with Crippen LogP contribution in [-0.2, 0) is 0 Å². The molecule has 0 saturated heterocycles. The first-order valence-electron chi connectivity index (χ1n) is 32.3. The van der Waals surface area contributed by atoms with Crippen LogP contribution < -0.4 is 24.5 Å². The van der Waals surface area contributed by atoms with E-state index in [1.807, 2.05) is 0 Å². The summed E-state index contributed by atoms with van der Waals surface area (Å²) in [5.74, 6) is 0. The second-order valence-electron chi connectivity index (χ2n) is 23.4. The second-order valence-corrected chi connectivity index (χ2v) is 23.4. The number of benzene rings is 15. The van der Waals surface area contributed by atoms with Gasteiger partial charge in [-0.2, -0.15) is 0 Å². The summed E-state index contributed by atoms with van der Waals surface area (Å²) in [5, 5.41) is 0. The molecule has 15 aromatic rings. The fraction of sp³-hybridized carbons (Fsp3) is 0. The average Bonchev–Trinajstić information content (AvgIpc) is 0.925. The summed E-state index contributed by atoms with van der Waals surface area (Å²) >= 11 is 0. The Morgan fingerprint density at radius 2 is 0.179 bits per heavy atom. The standard InChI is InChI=1S/C90H67N5/c1-8-22-68(23-9-1)72-36-44-79(45-37-72)94(80-46-38-73(39-47-80)69-24-10-2-11-25-69)89-64-60-87(61-65-89)92(77-32-18-6-19-33-77)85-56-52-83(53-57-85)91(76-30-16-5-17-31-76)84-54-58-86(59-55-84)93(78-34-20-7-21-35-78)88-62-66-90(67-63-88)95(81-48-40-74(41-49-81)70-26-12-3-13-27-70)82-50-42-75(43-51-82)71-28-14-4-15-29-71/h1-67H. The zero-order valence-electron chi connectivity index (χ0n) is 52.4. The Morgan fingerprint density at radius 1 is 0.0842 bits per heavy atom. The lowest BCUT2D eigenvalue weighted by atomic mass is 10.0. The van der Waals surface area contributed by atoms with E-state index in [9.17, 15) is 0 Å². The zero-order valence-corrected chi connectivity index (χ0v) is 52.4. The van der Waals surface area contributed by atoms with Gasteiger partial charge in [-0.15, -0.1) is 0 Å². The molecule has 0 saturated carbocycles. The van der Waals surface area contributed by atoms with E-state index in [0.717, 1.165) is 85.3 Å². The van der Waals surface area contributed by atoms with Gasteiger partial charge in [0, 0.05) is 85.3 Å². The molecule has 15 aromatic carbocycles. The van der Waals surface area contributed by atoms with Crippen molar-refractivity contribution in [2.24, 2.45) is 0 Å². The predicted octanol–water partition coefficient (Wildman–Crippen LogP) is 25.7. The van der Waals surface area contributed by atoms with Crippen LogP contribution in [0.25, 0.3) is 44.5 Å². The third kappa shape index (κ3) is 12.9. The first-order chi connectivity index (χ1) is 47.1. The number of anilines is 15. The van der Waals surface area contributed by atoms with Gasteiger partial charge in [-0.25, -0.2) is 0 Å². The van der Waals surface area contributed by atoms with Crippen LogP contribution in [0.4, 0.5) is 85.3 Å². The summed E-state index contributed by atoms with van der Waals surface area (Å²) in [5.41, 5.74) is 25.3. The van der Waals surface area contributed by atoms with Gasteiger partial charge in [-0.3, -0.25) is 0 Å². The molecule has 0 unspecified atom stereocenters. The van der Waals surface area contributed by atoms with Crippen molar-refractivity contribution in [1.82, 2.24) is 0 Å². The molecule has 0 heterocycles. The molecule has 0 N–H and O–H groups in total. The van der Waals surface area contributed by atoms with Crippen LogP contribution >= 0.6 is 0 Å².